The summed E-state index contributed by atoms with van der Waals surface area (Å²) in [5.74, 6) is -1.69. The van der Waals surface area contributed by atoms with Crippen LogP contribution in [0.4, 0.5) is 5.00 Å². The fourth-order valence-corrected chi connectivity index (χ4v) is 4.18. The number of hydrogen-bond donors (Lipinski definition) is 2. The molecule has 0 aliphatic rings. The molecule has 0 unspecified atom stereocenters. The number of aromatic amines is 1. The van der Waals surface area contributed by atoms with Crippen LogP contribution in [0.1, 0.15) is 45.1 Å². The third-order valence-electron chi connectivity index (χ3n) is 3.53. The summed E-state index contributed by atoms with van der Waals surface area (Å²) in [7, 11) is 0. The largest absolute Gasteiger partial charge is 0.462 e. The molecule has 2 aromatic heterocycles. The molecule has 9 nitrogen and oxygen atoms in total. The maximum atomic E-state index is 12.4. The minimum Gasteiger partial charge on any atom is -0.462 e. The minimum absolute atomic E-state index is 0.0552. The number of H-pyrrole nitrogens is 1. The predicted octanol–water partition coefficient (Wildman–Crippen LogP) is 2.53. The molecule has 2 N–H and O–H groups in total. The van der Waals surface area contributed by atoms with Crippen molar-refractivity contribution < 1.29 is 23.9 Å². The van der Waals surface area contributed by atoms with E-state index >= 15 is 0 Å². The number of rotatable bonds is 8. The number of aromatic nitrogens is 2. The normalized spacial score (nSPS) is 10.5. The maximum absolute atomic E-state index is 12.4. The summed E-state index contributed by atoms with van der Waals surface area (Å²) in [6, 6.07) is 1.35. The lowest BCUT2D eigenvalue weighted by Gasteiger charge is -2.07. The van der Waals surface area contributed by atoms with Gasteiger partial charge in [-0.25, -0.2) is 14.6 Å². The molecule has 0 fully saturated rings. The van der Waals surface area contributed by atoms with Crippen LogP contribution in [-0.4, -0.2) is 46.8 Å². The van der Waals surface area contributed by atoms with E-state index < -0.39 is 17.8 Å². The number of thioether (sulfide) groups is 1. The van der Waals surface area contributed by atoms with Crippen molar-refractivity contribution in [2.24, 2.45) is 0 Å². The van der Waals surface area contributed by atoms with Gasteiger partial charge in [0.1, 0.15) is 9.88 Å². The van der Waals surface area contributed by atoms with Crippen molar-refractivity contribution in [3.63, 3.8) is 0 Å². The van der Waals surface area contributed by atoms with Crippen LogP contribution in [-0.2, 0) is 14.3 Å². The van der Waals surface area contributed by atoms with Gasteiger partial charge in [-0.1, -0.05) is 11.8 Å². The molecule has 0 atom stereocenters. The van der Waals surface area contributed by atoms with Crippen molar-refractivity contribution in [2.75, 3.05) is 24.3 Å². The van der Waals surface area contributed by atoms with Crippen LogP contribution >= 0.6 is 23.1 Å². The van der Waals surface area contributed by atoms with E-state index in [-0.39, 0.29) is 40.0 Å². The third kappa shape index (κ3) is 5.91. The summed E-state index contributed by atoms with van der Waals surface area (Å²) in [5, 5.41) is 3.16. The van der Waals surface area contributed by atoms with E-state index in [1.165, 1.54) is 6.07 Å². The standard InChI is InChI=1S/C18H21N3O6S2/c1-5-26-16(24)13-10(4)14(17(25)27-6-2)29-15(13)20-12(23)8-28-18-19-9(3)7-11(22)21-18/h7H,5-6,8H2,1-4H3,(H,20,23)(H,19,21,22). The topological polar surface area (TPSA) is 127 Å². The highest BCUT2D eigenvalue weighted by Gasteiger charge is 2.27. The number of nitrogens with one attached hydrogen (secondary N) is 2. The SMILES string of the molecule is CCOC(=O)c1sc(NC(=O)CSc2nc(C)cc(=O)[nH]2)c(C(=O)OCC)c1C. The lowest BCUT2D eigenvalue weighted by molar-refractivity contribution is -0.113. The lowest BCUT2D eigenvalue weighted by Crippen LogP contribution is -2.17. The number of carbonyl (C=O) groups excluding carboxylic acids is 3. The first-order chi connectivity index (χ1) is 13.8. The summed E-state index contributed by atoms with van der Waals surface area (Å²) in [6.07, 6.45) is 0. The van der Waals surface area contributed by atoms with E-state index in [1.807, 2.05) is 0 Å². The molecule has 0 bridgehead atoms. The van der Waals surface area contributed by atoms with Gasteiger partial charge in [0.25, 0.3) is 5.56 Å². The second-order valence-electron chi connectivity index (χ2n) is 5.73. The van der Waals surface area contributed by atoms with Crippen LogP contribution in [0.15, 0.2) is 16.0 Å². The number of ether oxygens (including phenoxy) is 2. The number of anilines is 1. The van der Waals surface area contributed by atoms with E-state index in [9.17, 15) is 19.2 Å². The molecule has 2 rings (SSSR count). The van der Waals surface area contributed by atoms with Crippen molar-refractivity contribution in [1.29, 1.82) is 0 Å². The lowest BCUT2D eigenvalue weighted by atomic mass is 10.1. The first-order valence-electron chi connectivity index (χ1n) is 8.75. The summed E-state index contributed by atoms with van der Waals surface area (Å²) in [4.78, 5) is 55.3. The van der Waals surface area contributed by atoms with E-state index in [1.54, 1.807) is 27.7 Å². The number of hydrogen-bond acceptors (Lipinski definition) is 9. The van der Waals surface area contributed by atoms with Gasteiger partial charge in [-0.2, -0.15) is 0 Å². The zero-order valence-corrected chi connectivity index (χ0v) is 18.0. The van der Waals surface area contributed by atoms with Gasteiger partial charge in [0.2, 0.25) is 5.91 Å². The third-order valence-corrected chi connectivity index (χ3v) is 5.59. The number of thiophene rings is 1. The van der Waals surface area contributed by atoms with Gasteiger partial charge >= 0.3 is 11.9 Å². The van der Waals surface area contributed by atoms with Crippen molar-refractivity contribution >= 4 is 45.9 Å². The number of esters is 2. The Morgan fingerprint density at radius 1 is 1.17 bits per heavy atom. The Kier molecular flexibility index (Phi) is 7.97. The molecular weight excluding hydrogens is 418 g/mol. The highest BCUT2D eigenvalue weighted by molar-refractivity contribution is 7.99. The molecule has 0 spiro atoms. The molecule has 0 aliphatic heterocycles. The maximum Gasteiger partial charge on any atom is 0.348 e. The van der Waals surface area contributed by atoms with Crippen LogP contribution < -0.4 is 10.9 Å². The number of aryl methyl sites for hydroxylation is 1. The Labute approximate surface area is 175 Å². The quantitative estimate of drug-likeness (QED) is 0.365. The van der Waals surface area contributed by atoms with Gasteiger partial charge in [-0.05, 0) is 33.3 Å². The molecule has 2 heterocycles. The molecule has 0 aliphatic carbocycles. The van der Waals surface area contributed by atoms with Crippen LogP contribution in [0, 0.1) is 13.8 Å². The Morgan fingerprint density at radius 2 is 1.83 bits per heavy atom. The molecule has 0 saturated heterocycles. The smallest absolute Gasteiger partial charge is 0.348 e. The van der Waals surface area contributed by atoms with Crippen molar-refractivity contribution in [2.45, 2.75) is 32.9 Å². The minimum atomic E-state index is -0.635. The van der Waals surface area contributed by atoms with Crippen LogP contribution in [0.5, 0.6) is 0 Å². The zero-order valence-electron chi connectivity index (χ0n) is 16.4. The number of amides is 1. The van der Waals surface area contributed by atoms with E-state index in [2.05, 4.69) is 15.3 Å². The zero-order chi connectivity index (χ0) is 21.6. The molecular formula is C18H21N3O6S2. The summed E-state index contributed by atoms with van der Waals surface area (Å²) in [6.45, 7) is 6.95. The number of carbonyl (C=O) groups is 3. The van der Waals surface area contributed by atoms with Crippen molar-refractivity contribution in [3.8, 4) is 0 Å². The molecule has 2 aromatic rings. The van der Waals surface area contributed by atoms with E-state index in [0.717, 1.165) is 23.1 Å². The Balaban J connectivity index is 2.21. The van der Waals surface area contributed by atoms with Crippen LogP contribution in [0.2, 0.25) is 0 Å². The average Bonchev–Trinajstić information content (AvgIpc) is 2.95. The van der Waals surface area contributed by atoms with Gasteiger partial charge in [-0.3, -0.25) is 9.59 Å². The number of nitrogens with zero attached hydrogens (tertiary/aromatic N) is 1. The van der Waals surface area contributed by atoms with Crippen molar-refractivity contribution in [1.82, 2.24) is 9.97 Å². The molecule has 0 radical (unpaired) electrons. The molecule has 29 heavy (non-hydrogen) atoms. The fourth-order valence-electron chi connectivity index (χ4n) is 2.36. The van der Waals surface area contributed by atoms with Gasteiger partial charge < -0.3 is 19.8 Å². The highest BCUT2D eigenvalue weighted by Crippen LogP contribution is 2.34. The molecule has 0 aromatic carbocycles. The summed E-state index contributed by atoms with van der Waals surface area (Å²) in [5.41, 5.74) is 0.743. The monoisotopic (exact) mass is 439 g/mol. The summed E-state index contributed by atoms with van der Waals surface area (Å²) < 4.78 is 10.1. The van der Waals surface area contributed by atoms with E-state index in [0.29, 0.717) is 16.4 Å². The Morgan fingerprint density at radius 3 is 2.45 bits per heavy atom. The second-order valence-corrected chi connectivity index (χ2v) is 7.71. The molecule has 156 valence electrons. The van der Waals surface area contributed by atoms with Crippen molar-refractivity contribution in [3.05, 3.63) is 38.1 Å². The molecule has 0 saturated carbocycles. The van der Waals surface area contributed by atoms with Gasteiger partial charge in [-0.15, -0.1) is 11.3 Å². The average molecular weight is 440 g/mol. The van der Waals surface area contributed by atoms with Crippen LogP contribution in [0.25, 0.3) is 0 Å². The van der Waals surface area contributed by atoms with Gasteiger partial charge in [0.15, 0.2) is 5.16 Å². The van der Waals surface area contributed by atoms with Gasteiger partial charge in [0.05, 0.1) is 24.5 Å². The molecule has 11 heteroatoms. The second kappa shape index (κ2) is 10.2. The molecule has 1 amide bonds. The first-order valence-corrected chi connectivity index (χ1v) is 10.5. The Bertz CT molecular complexity index is 982. The first kappa shape index (κ1) is 22.6. The van der Waals surface area contributed by atoms with E-state index in [4.69, 9.17) is 9.47 Å². The van der Waals surface area contributed by atoms with Crippen LogP contribution in [0.3, 0.4) is 0 Å². The highest BCUT2D eigenvalue weighted by atomic mass is 32.2. The predicted molar refractivity (Wildman–Crippen MR) is 110 cm³/mol. The Hall–Kier alpha value is -2.66. The summed E-state index contributed by atoms with van der Waals surface area (Å²) >= 11 is 2.00. The van der Waals surface area contributed by atoms with Gasteiger partial charge in [0, 0.05) is 11.8 Å². The fraction of sp³-hybridized carbons (Fsp3) is 0.389.